The monoisotopic (exact) mass is 182 g/mol. The average molecular weight is 182 g/mol. The van der Waals surface area contributed by atoms with Crippen molar-refractivity contribution in [3.63, 3.8) is 0 Å². The highest BCUT2D eigenvalue weighted by Crippen LogP contribution is 1.99. The highest BCUT2D eigenvalue weighted by atomic mass is 15.1. The second kappa shape index (κ2) is 5.72. The maximum atomic E-state index is 5.37. The molecular weight excluding hydrogens is 164 g/mol. The smallest absolute Gasteiger partial charge is 0.0622 e. The van der Waals surface area contributed by atoms with Crippen LogP contribution in [-0.4, -0.2) is 23.3 Å². The third kappa shape index (κ3) is 3.57. The highest BCUT2D eigenvalue weighted by molar-refractivity contribution is 5.07. The summed E-state index contributed by atoms with van der Waals surface area (Å²) < 4.78 is 0. The van der Waals surface area contributed by atoms with Crippen molar-refractivity contribution >= 4 is 0 Å². The molecule has 1 aromatic heterocycles. The molecule has 0 aliphatic rings. The van der Waals surface area contributed by atoms with E-state index in [2.05, 4.69) is 28.5 Å². The number of aromatic amines is 1. The van der Waals surface area contributed by atoms with Gasteiger partial charge in [-0.25, -0.2) is 0 Å². The van der Waals surface area contributed by atoms with Gasteiger partial charge in [0.15, 0.2) is 0 Å². The number of hydrogen-bond donors (Lipinski definition) is 3. The van der Waals surface area contributed by atoms with Crippen LogP contribution in [0.3, 0.4) is 0 Å². The molecule has 1 heterocycles. The SMILES string of the molecule is CCc1cc(CNCCCN)[nH]n1. The Kier molecular flexibility index (Phi) is 4.49. The summed E-state index contributed by atoms with van der Waals surface area (Å²) in [5, 5.41) is 10.4. The Morgan fingerprint density at radius 1 is 1.62 bits per heavy atom. The van der Waals surface area contributed by atoms with Crippen molar-refractivity contribution in [1.29, 1.82) is 0 Å². The number of rotatable bonds is 6. The van der Waals surface area contributed by atoms with Crippen LogP contribution in [0.2, 0.25) is 0 Å². The van der Waals surface area contributed by atoms with Gasteiger partial charge in [0.1, 0.15) is 0 Å². The number of H-pyrrole nitrogens is 1. The first-order chi connectivity index (χ1) is 6.36. The fourth-order valence-electron chi connectivity index (χ4n) is 1.13. The molecule has 0 aromatic carbocycles. The predicted octanol–water partition coefficient (Wildman–Crippen LogP) is 0.410. The minimum Gasteiger partial charge on any atom is -0.330 e. The van der Waals surface area contributed by atoms with Crippen molar-refractivity contribution in [3.8, 4) is 0 Å². The zero-order valence-electron chi connectivity index (χ0n) is 8.14. The Labute approximate surface area is 78.9 Å². The van der Waals surface area contributed by atoms with Gasteiger partial charge >= 0.3 is 0 Å². The van der Waals surface area contributed by atoms with Crippen LogP contribution < -0.4 is 11.1 Å². The topological polar surface area (TPSA) is 66.7 Å². The molecule has 0 atom stereocenters. The molecule has 4 nitrogen and oxygen atoms in total. The van der Waals surface area contributed by atoms with Gasteiger partial charge in [0.25, 0.3) is 0 Å². The zero-order valence-corrected chi connectivity index (χ0v) is 8.14. The fraction of sp³-hybridized carbons (Fsp3) is 0.667. The van der Waals surface area contributed by atoms with Crippen molar-refractivity contribution in [3.05, 3.63) is 17.5 Å². The molecule has 0 saturated carbocycles. The van der Waals surface area contributed by atoms with Crippen LogP contribution in [0, 0.1) is 0 Å². The van der Waals surface area contributed by atoms with E-state index in [0.717, 1.165) is 43.9 Å². The van der Waals surface area contributed by atoms with Gasteiger partial charge in [-0.3, -0.25) is 5.10 Å². The van der Waals surface area contributed by atoms with E-state index in [1.165, 1.54) is 0 Å². The molecule has 0 bridgehead atoms. The summed E-state index contributed by atoms with van der Waals surface area (Å²) in [6.45, 7) is 4.67. The molecule has 0 aliphatic carbocycles. The third-order valence-corrected chi connectivity index (χ3v) is 1.92. The molecule has 74 valence electrons. The summed E-state index contributed by atoms with van der Waals surface area (Å²) in [5.74, 6) is 0. The number of nitrogens with zero attached hydrogens (tertiary/aromatic N) is 1. The number of nitrogens with one attached hydrogen (secondary N) is 2. The van der Waals surface area contributed by atoms with Gasteiger partial charge in [-0.15, -0.1) is 0 Å². The van der Waals surface area contributed by atoms with Gasteiger partial charge in [-0.05, 0) is 32.0 Å². The van der Waals surface area contributed by atoms with Crippen LogP contribution in [0.25, 0.3) is 0 Å². The molecule has 0 aliphatic heterocycles. The standard InChI is InChI=1S/C9H18N4/c1-2-8-6-9(13-12-8)7-11-5-3-4-10/h6,11H,2-5,7,10H2,1H3,(H,12,13). The van der Waals surface area contributed by atoms with E-state index in [1.807, 2.05) is 0 Å². The first kappa shape index (κ1) is 10.2. The van der Waals surface area contributed by atoms with E-state index in [-0.39, 0.29) is 0 Å². The Morgan fingerprint density at radius 3 is 3.08 bits per heavy atom. The molecule has 4 heteroatoms. The van der Waals surface area contributed by atoms with Crippen LogP contribution in [0.1, 0.15) is 24.7 Å². The van der Waals surface area contributed by atoms with Gasteiger partial charge < -0.3 is 11.1 Å². The maximum absolute atomic E-state index is 5.37. The molecule has 0 spiro atoms. The second-order valence-corrected chi connectivity index (χ2v) is 3.06. The highest BCUT2D eigenvalue weighted by Gasteiger charge is 1.97. The predicted molar refractivity (Wildman–Crippen MR) is 53.3 cm³/mol. The summed E-state index contributed by atoms with van der Waals surface area (Å²) >= 11 is 0. The molecule has 4 N–H and O–H groups in total. The fourth-order valence-corrected chi connectivity index (χ4v) is 1.13. The molecule has 0 unspecified atom stereocenters. The Bertz CT molecular complexity index is 231. The lowest BCUT2D eigenvalue weighted by Crippen LogP contribution is -2.17. The quantitative estimate of drug-likeness (QED) is 0.558. The van der Waals surface area contributed by atoms with Gasteiger partial charge in [-0.1, -0.05) is 6.92 Å². The van der Waals surface area contributed by atoms with E-state index in [1.54, 1.807) is 0 Å². The van der Waals surface area contributed by atoms with Gasteiger partial charge in [0, 0.05) is 12.2 Å². The van der Waals surface area contributed by atoms with E-state index in [0.29, 0.717) is 0 Å². The number of hydrogen-bond acceptors (Lipinski definition) is 3. The van der Waals surface area contributed by atoms with Crippen LogP contribution in [-0.2, 0) is 13.0 Å². The lowest BCUT2D eigenvalue weighted by molar-refractivity contribution is 0.645. The molecule has 1 aromatic rings. The summed E-state index contributed by atoms with van der Waals surface area (Å²) in [6.07, 6.45) is 2.01. The normalized spacial score (nSPS) is 10.6. The van der Waals surface area contributed by atoms with Crippen molar-refractivity contribution in [2.45, 2.75) is 26.3 Å². The van der Waals surface area contributed by atoms with Crippen LogP contribution in [0.15, 0.2) is 6.07 Å². The Morgan fingerprint density at radius 2 is 2.46 bits per heavy atom. The average Bonchev–Trinajstić information content (AvgIpc) is 2.60. The molecule has 0 fully saturated rings. The number of nitrogens with two attached hydrogens (primary N) is 1. The van der Waals surface area contributed by atoms with Crippen LogP contribution in [0.4, 0.5) is 0 Å². The van der Waals surface area contributed by atoms with E-state index in [9.17, 15) is 0 Å². The summed E-state index contributed by atoms with van der Waals surface area (Å²) in [4.78, 5) is 0. The van der Waals surface area contributed by atoms with Crippen molar-refractivity contribution in [2.24, 2.45) is 5.73 Å². The van der Waals surface area contributed by atoms with Crippen molar-refractivity contribution < 1.29 is 0 Å². The second-order valence-electron chi connectivity index (χ2n) is 3.06. The van der Waals surface area contributed by atoms with Gasteiger partial charge in [0.2, 0.25) is 0 Å². The van der Waals surface area contributed by atoms with Crippen molar-refractivity contribution in [1.82, 2.24) is 15.5 Å². The molecule has 0 radical (unpaired) electrons. The van der Waals surface area contributed by atoms with Crippen LogP contribution in [0.5, 0.6) is 0 Å². The molecule has 1 rings (SSSR count). The largest absolute Gasteiger partial charge is 0.330 e. The summed E-state index contributed by atoms with van der Waals surface area (Å²) in [6, 6.07) is 2.09. The van der Waals surface area contributed by atoms with E-state index < -0.39 is 0 Å². The summed E-state index contributed by atoms with van der Waals surface area (Å²) in [7, 11) is 0. The van der Waals surface area contributed by atoms with Crippen molar-refractivity contribution in [2.75, 3.05) is 13.1 Å². The third-order valence-electron chi connectivity index (χ3n) is 1.92. The zero-order chi connectivity index (χ0) is 9.52. The number of aryl methyl sites for hydroxylation is 1. The molecule has 0 amide bonds. The lowest BCUT2D eigenvalue weighted by Gasteiger charge is -1.99. The number of aromatic nitrogens is 2. The van der Waals surface area contributed by atoms with Crippen LogP contribution >= 0.6 is 0 Å². The Balaban J connectivity index is 2.20. The molecule has 0 saturated heterocycles. The first-order valence-corrected chi connectivity index (χ1v) is 4.80. The lowest BCUT2D eigenvalue weighted by atomic mass is 10.3. The first-order valence-electron chi connectivity index (χ1n) is 4.80. The maximum Gasteiger partial charge on any atom is 0.0622 e. The van der Waals surface area contributed by atoms with E-state index in [4.69, 9.17) is 5.73 Å². The minimum absolute atomic E-state index is 0.746. The summed E-state index contributed by atoms with van der Waals surface area (Å²) in [5.41, 5.74) is 7.64. The Hall–Kier alpha value is -0.870. The minimum atomic E-state index is 0.746. The van der Waals surface area contributed by atoms with Gasteiger partial charge in [-0.2, -0.15) is 5.10 Å². The molecular formula is C9H18N4. The van der Waals surface area contributed by atoms with E-state index >= 15 is 0 Å². The van der Waals surface area contributed by atoms with Gasteiger partial charge in [0.05, 0.1) is 5.69 Å². The molecule has 13 heavy (non-hydrogen) atoms.